The molecule has 0 bridgehead atoms. The summed E-state index contributed by atoms with van der Waals surface area (Å²) < 4.78 is 1.11. The molecule has 90 valence electrons. The number of carbonyl (C=O) groups excluding carboxylic acids is 1. The number of carbonyl (C=O) groups is 1. The number of amides is 1. The van der Waals surface area contributed by atoms with Gasteiger partial charge in [-0.2, -0.15) is 0 Å². The number of anilines is 1. The van der Waals surface area contributed by atoms with Gasteiger partial charge in [-0.3, -0.25) is 4.79 Å². The van der Waals surface area contributed by atoms with Gasteiger partial charge in [-0.25, -0.2) is 0 Å². The predicted molar refractivity (Wildman–Crippen MR) is 71.0 cm³/mol. The van der Waals surface area contributed by atoms with Crippen LogP contribution in [-0.4, -0.2) is 37.0 Å². The van der Waals surface area contributed by atoms with Crippen molar-refractivity contribution in [2.75, 3.05) is 31.1 Å². The predicted octanol–water partition coefficient (Wildman–Crippen LogP) is 2.12. The zero-order chi connectivity index (χ0) is 12.0. The second-order valence-electron chi connectivity index (χ2n) is 5.21. The SMILES string of the molecule is CC(=O)N1CC2(C1)CN(c1ccc(Br)cc1)C2. The zero-order valence-corrected chi connectivity index (χ0v) is 11.4. The summed E-state index contributed by atoms with van der Waals surface area (Å²) in [5.41, 5.74) is 1.67. The molecule has 1 aromatic rings. The Labute approximate surface area is 110 Å². The molecule has 3 nitrogen and oxygen atoms in total. The molecule has 3 rings (SSSR count). The first-order valence-electron chi connectivity index (χ1n) is 5.84. The lowest BCUT2D eigenvalue weighted by atomic mass is 9.72. The molecule has 2 saturated heterocycles. The molecule has 4 heteroatoms. The highest BCUT2D eigenvalue weighted by molar-refractivity contribution is 9.10. The van der Waals surface area contributed by atoms with Crippen molar-refractivity contribution in [3.05, 3.63) is 28.7 Å². The van der Waals surface area contributed by atoms with Crippen molar-refractivity contribution in [1.82, 2.24) is 4.90 Å². The van der Waals surface area contributed by atoms with E-state index >= 15 is 0 Å². The van der Waals surface area contributed by atoms with Crippen LogP contribution < -0.4 is 4.90 Å². The highest BCUT2D eigenvalue weighted by Gasteiger charge is 2.52. The molecule has 0 saturated carbocycles. The summed E-state index contributed by atoms with van der Waals surface area (Å²) in [6.45, 7) is 5.69. The average Bonchev–Trinajstić information content (AvgIpc) is 2.15. The third kappa shape index (κ3) is 1.84. The Bertz CT molecular complexity index is 443. The van der Waals surface area contributed by atoms with Crippen molar-refractivity contribution < 1.29 is 4.79 Å². The fourth-order valence-corrected chi connectivity index (χ4v) is 3.05. The van der Waals surface area contributed by atoms with Gasteiger partial charge in [0.1, 0.15) is 0 Å². The van der Waals surface area contributed by atoms with E-state index in [1.807, 2.05) is 4.90 Å². The van der Waals surface area contributed by atoms with E-state index in [9.17, 15) is 4.79 Å². The van der Waals surface area contributed by atoms with Crippen molar-refractivity contribution in [3.63, 3.8) is 0 Å². The van der Waals surface area contributed by atoms with Gasteiger partial charge >= 0.3 is 0 Å². The normalized spacial score (nSPS) is 21.1. The van der Waals surface area contributed by atoms with Crippen LogP contribution in [0.15, 0.2) is 28.7 Å². The Morgan fingerprint density at radius 2 is 1.76 bits per heavy atom. The molecule has 0 unspecified atom stereocenters. The van der Waals surface area contributed by atoms with E-state index in [2.05, 4.69) is 45.1 Å². The molecule has 2 aliphatic heterocycles. The van der Waals surface area contributed by atoms with Crippen molar-refractivity contribution in [3.8, 4) is 0 Å². The molecule has 2 aliphatic rings. The van der Waals surface area contributed by atoms with E-state index in [0.29, 0.717) is 5.41 Å². The van der Waals surface area contributed by atoms with Gasteiger partial charge in [0.15, 0.2) is 0 Å². The number of hydrogen-bond donors (Lipinski definition) is 0. The Morgan fingerprint density at radius 1 is 1.18 bits per heavy atom. The Morgan fingerprint density at radius 3 is 2.29 bits per heavy atom. The van der Waals surface area contributed by atoms with Gasteiger partial charge < -0.3 is 9.80 Å². The first-order valence-corrected chi connectivity index (χ1v) is 6.63. The largest absolute Gasteiger partial charge is 0.370 e. The standard InChI is InChI=1S/C13H15BrN2O/c1-10(17)15-6-13(7-15)8-16(9-13)12-4-2-11(14)3-5-12/h2-5H,6-9H2,1H3. The highest BCUT2D eigenvalue weighted by atomic mass is 79.9. The lowest BCUT2D eigenvalue weighted by molar-refractivity contribution is -0.142. The number of rotatable bonds is 1. The average molecular weight is 295 g/mol. The van der Waals surface area contributed by atoms with Crippen molar-refractivity contribution in [2.45, 2.75) is 6.92 Å². The zero-order valence-electron chi connectivity index (χ0n) is 9.82. The summed E-state index contributed by atoms with van der Waals surface area (Å²) in [5.74, 6) is 0.206. The Kier molecular flexibility index (Phi) is 2.43. The molecule has 1 aromatic carbocycles. The molecule has 0 atom stereocenters. The fourth-order valence-electron chi connectivity index (χ4n) is 2.78. The third-order valence-electron chi connectivity index (χ3n) is 3.74. The quantitative estimate of drug-likeness (QED) is 0.792. The van der Waals surface area contributed by atoms with Crippen LogP contribution in [0.4, 0.5) is 5.69 Å². The summed E-state index contributed by atoms with van der Waals surface area (Å²) in [5, 5.41) is 0. The molecular weight excluding hydrogens is 280 g/mol. The molecule has 17 heavy (non-hydrogen) atoms. The lowest BCUT2D eigenvalue weighted by Gasteiger charge is -2.60. The van der Waals surface area contributed by atoms with Crippen molar-refractivity contribution in [1.29, 1.82) is 0 Å². The summed E-state index contributed by atoms with van der Waals surface area (Å²) in [7, 11) is 0. The minimum absolute atomic E-state index is 0.206. The molecule has 2 fully saturated rings. The van der Waals surface area contributed by atoms with E-state index in [4.69, 9.17) is 0 Å². The van der Waals surface area contributed by atoms with Crippen molar-refractivity contribution in [2.24, 2.45) is 5.41 Å². The second-order valence-corrected chi connectivity index (χ2v) is 6.12. The molecule has 1 amide bonds. The summed E-state index contributed by atoms with van der Waals surface area (Å²) in [6.07, 6.45) is 0. The first-order chi connectivity index (χ1) is 8.08. The summed E-state index contributed by atoms with van der Waals surface area (Å²) >= 11 is 3.44. The van der Waals surface area contributed by atoms with Gasteiger partial charge in [0.2, 0.25) is 5.91 Å². The van der Waals surface area contributed by atoms with Gasteiger partial charge in [-0.15, -0.1) is 0 Å². The van der Waals surface area contributed by atoms with E-state index in [0.717, 1.165) is 30.7 Å². The van der Waals surface area contributed by atoms with Gasteiger partial charge in [0.05, 0.1) is 0 Å². The maximum absolute atomic E-state index is 11.1. The minimum Gasteiger partial charge on any atom is -0.370 e. The van der Waals surface area contributed by atoms with Crippen LogP contribution in [0, 0.1) is 5.41 Å². The van der Waals surface area contributed by atoms with E-state index in [1.54, 1.807) is 6.92 Å². The fraction of sp³-hybridized carbons (Fsp3) is 0.462. The van der Waals surface area contributed by atoms with Crippen LogP contribution in [0.1, 0.15) is 6.92 Å². The topological polar surface area (TPSA) is 23.6 Å². The van der Waals surface area contributed by atoms with Crippen LogP contribution in [0.3, 0.4) is 0 Å². The maximum Gasteiger partial charge on any atom is 0.219 e. The summed E-state index contributed by atoms with van der Waals surface area (Å²) in [4.78, 5) is 15.5. The molecule has 0 N–H and O–H groups in total. The third-order valence-corrected chi connectivity index (χ3v) is 4.27. The minimum atomic E-state index is 0.206. The van der Waals surface area contributed by atoms with Crippen LogP contribution in [0.2, 0.25) is 0 Å². The molecular formula is C13H15BrN2O. The van der Waals surface area contributed by atoms with Gasteiger partial charge in [-0.1, -0.05) is 15.9 Å². The van der Waals surface area contributed by atoms with E-state index < -0.39 is 0 Å². The molecule has 0 aromatic heterocycles. The number of halogens is 1. The lowest BCUT2D eigenvalue weighted by Crippen LogP contribution is -2.72. The number of nitrogens with zero attached hydrogens (tertiary/aromatic N) is 2. The second kappa shape index (κ2) is 3.73. The van der Waals surface area contributed by atoms with Gasteiger partial charge in [0, 0.05) is 48.7 Å². The molecule has 0 aliphatic carbocycles. The number of benzene rings is 1. The smallest absolute Gasteiger partial charge is 0.219 e. The molecule has 1 spiro atoms. The number of likely N-dealkylation sites (tertiary alicyclic amines) is 1. The van der Waals surface area contributed by atoms with Crippen LogP contribution >= 0.6 is 15.9 Å². The Hall–Kier alpha value is -1.03. The Balaban J connectivity index is 1.59. The molecule has 0 radical (unpaired) electrons. The van der Waals surface area contributed by atoms with Crippen LogP contribution in [0.5, 0.6) is 0 Å². The monoisotopic (exact) mass is 294 g/mol. The van der Waals surface area contributed by atoms with Crippen LogP contribution in [0.25, 0.3) is 0 Å². The van der Waals surface area contributed by atoms with E-state index in [1.165, 1.54) is 5.69 Å². The highest BCUT2D eigenvalue weighted by Crippen LogP contribution is 2.41. The van der Waals surface area contributed by atoms with Gasteiger partial charge in [0.25, 0.3) is 0 Å². The summed E-state index contributed by atoms with van der Waals surface area (Å²) in [6, 6.07) is 8.42. The van der Waals surface area contributed by atoms with Gasteiger partial charge in [-0.05, 0) is 24.3 Å². The molecule has 2 heterocycles. The number of hydrogen-bond acceptors (Lipinski definition) is 2. The van der Waals surface area contributed by atoms with E-state index in [-0.39, 0.29) is 5.91 Å². The van der Waals surface area contributed by atoms with Crippen LogP contribution in [-0.2, 0) is 4.79 Å². The maximum atomic E-state index is 11.1. The first kappa shape index (κ1) is 11.1. The van der Waals surface area contributed by atoms with Crippen molar-refractivity contribution >= 4 is 27.5 Å².